The molecular weight excluding hydrogens is 180 g/mol. The first kappa shape index (κ1) is 11.5. The van der Waals surface area contributed by atoms with Crippen LogP contribution in [0.5, 0.6) is 0 Å². The topological polar surface area (TPSA) is 0 Å². The van der Waals surface area contributed by atoms with Gasteiger partial charge in [0.15, 0.2) is 0 Å². The van der Waals surface area contributed by atoms with Crippen molar-refractivity contribution < 1.29 is 0 Å². The Morgan fingerprint density at radius 1 is 1.27 bits per heavy atom. The molecule has 15 heavy (non-hydrogen) atoms. The van der Waals surface area contributed by atoms with Crippen molar-refractivity contribution in [3.63, 3.8) is 0 Å². The van der Waals surface area contributed by atoms with Crippen molar-refractivity contribution in [3.8, 4) is 0 Å². The van der Waals surface area contributed by atoms with Gasteiger partial charge in [0.25, 0.3) is 0 Å². The second-order valence-corrected chi connectivity index (χ2v) is 3.70. The molecule has 0 N–H and O–H groups in total. The molecule has 0 heteroatoms. The standard InChI is InChI=1S/C15H18/c1-5-8-12(3)15-13(4)10-7-11-14(15)9-6-2/h5-7,10-11H,1-3,8-9H2,4H3. The fourth-order valence-corrected chi connectivity index (χ4v) is 1.84. The predicted octanol–water partition coefficient (Wildman–Crippen LogP) is 4.31. The Balaban J connectivity index is 3.17. The third-order valence-electron chi connectivity index (χ3n) is 2.47. The monoisotopic (exact) mass is 198 g/mol. The van der Waals surface area contributed by atoms with Crippen molar-refractivity contribution in [2.24, 2.45) is 0 Å². The number of allylic oxidation sites excluding steroid dienone is 3. The molecule has 0 saturated carbocycles. The number of aryl methyl sites for hydroxylation is 1. The lowest BCUT2D eigenvalue weighted by molar-refractivity contribution is 1.21. The second kappa shape index (κ2) is 5.35. The smallest absolute Gasteiger partial charge is 0.00940 e. The summed E-state index contributed by atoms with van der Waals surface area (Å²) in [5.74, 6) is 0. The number of hydrogen-bond acceptors (Lipinski definition) is 0. The van der Waals surface area contributed by atoms with E-state index in [0.29, 0.717) is 0 Å². The molecule has 0 heterocycles. The van der Waals surface area contributed by atoms with Gasteiger partial charge in [-0.1, -0.05) is 36.9 Å². The molecule has 0 fully saturated rings. The van der Waals surface area contributed by atoms with Crippen molar-refractivity contribution in [1.29, 1.82) is 0 Å². The van der Waals surface area contributed by atoms with E-state index in [1.54, 1.807) is 0 Å². The van der Waals surface area contributed by atoms with Crippen LogP contribution in [0.2, 0.25) is 0 Å². The third kappa shape index (κ3) is 2.69. The molecule has 0 saturated heterocycles. The summed E-state index contributed by atoms with van der Waals surface area (Å²) in [4.78, 5) is 0. The zero-order valence-corrected chi connectivity index (χ0v) is 9.42. The predicted molar refractivity (Wildman–Crippen MR) is 68.9 cm³/mol. The van der Waals surface area contributed by atoms with E-state index in [9.17, 15) is 0 Å². The fraction of sp³-hybridized carbons (Fsp3) is 0.200. The van der Waals surface area contributed by atoms with Gasteiger partial charge in [-0.25, -0.2) is 0 Å². The molecule has 0 nitrogen and oxygen atoms in total. The van der Waals surface area contributed by atoms with E-state index in [4.69, 9.17) is 0 Å². The van der Waals surface area contributed by atoms with Crippen LogP contribution in [-0.2, 0) is 6.42 Å². The van der Waals surface area contributed by atoms with Crippen LogP contribution in [0.15, 0.2) is 50.1 Å². The highest BCUT2D eigenvalue weighted by Gasteiger charge is 2.06. The molecule has 1 aromatic rings. The van der Waals surface area contributed by atoms with Crippen molar-refractivity contribution in [3.05, 3.63) is 66.8 Å². The zero-order valence-electron chi connectivity index (χ0n) is 9.42. The van der Waals surface area contributed by atoms with Crippen molar-refractivity contribution in [1.82, 2.24) is 0 Å². The van der Waals surface area contributed by atoms with Crippen LogP contribution in [0.4, 0.5) is 0 Å². The SMILES string of the molecule is C=CCC(=C)c1c(C)cccc1CC=C. The van der Waals surface area contributed by atoms with Gasteiger partial charge < -0.3 is 0 Å². The zero-order chi connectivity index (χ0) is 11.3. The molecule has 0 atom stereocenters. The van der Waals surface area contributed by atoms with Crippen LogP contribution in [0.3, 0.4) is 0 Å². The first-order valence-electron chi connectivity index (χ1n) is 5.19. The summed E-state index contributed by atoms with van der Waals surface area (Å²) in [6.07, 6.45) is 5.56. The Hall–Kier alpha value is -1.56. The summed E-state index contributed by atoms with van der Waals surface area (Å²) in [7, 11) is 0. The fourth-order valence-electron chi connectivity index (χ4n) is 1.84. The normalized spacial score (nSPS) is 9.67. The number of rotatable bonds is 5. The van der Waals surface area contributed by atoms with Gasteiger partial charge in [0, 0.05) is 0 Å². The maximum absolute atomic E-state index is 4.11. The van der Waals surface area contributed by atoms with Crippen LogP contribution < -0.4 is 0 Å². The van der Waals surface area contributed by atoms with Crippen molar-refractivity contribution in [2.45, 2.75) is 19.8 Å². The molecule has 0 aliphatic heterocycles. The largest absolute Gasteiger partial charge is 0.103 e. The van der Waals surface area contributed by atoms with Crippen LogP contribution in [-0.4, -0.2) is 0 Å². The van der Waals surface area contributed by atoms with Crippen molar-refractivity contribution >= 4 is 5.57 Å². The Labute approximate surface area is 92.6 Å². The minimum Gasteiger partial charge on any atom is -0.103 e. The van der Waals surface area contributed by atoms with Gasteiger partial charge in [-0.2, -0.15) is 0 Å². The quantitative estimate of drug-likeness (QED) is 0.618. The minimum absolute atomic E-state index is 0.842. The molecule has 0 aromatic heterocycles. The van der Waals surface area contributed by atoms with E-state index in [2.05, 4.69) is 44.9 Å². The molecule has 0 amide bonds. The van der Waals surface area contributed by atoms with Crippen LogP contribution in [0, 0.1) is 6.92 Å². The molecule has 0 spiro atoms. The van der Waals surface area contributed by atoms with E-state index in [1.807, 2.05) is 12.2 Å². The molecule has 0 aliphatic rings. The maximum atomic E-state index is 4.11. The second-order valence-electron chi connectivity index (χ2n) is 3.70. The van der Waals surface area contributed by atoms with E-state index < -0.39 is 0 Å². The van der Waals surface area contributed by atoms with Crippen LogP contribution in [0.25, 0.3) is 5.57 Å². The molecule has 0 unspecified atom stereocenters. The molecule has 0 bridgehead atoms. The summed E-state index contributed by atoms with van der Waals surface area (Å²) in [5, 5.41) is 0. The summed E-state index contributed by atoms with van der Waals surface area (Å²) >= 11 is 0. The summed E-state index contributed by atoms with van der Waals surface area (Å²) in [6, 6.07) is 6.34. The van der Waals surface area contributed by atoms with Gasteiger partial charge in [-0.15, -0.1) is 13.2 Å². The Kier molecular flexibility index (Phi) is 4.11. The first-order valence-corrected chi connectivity index (χ1v) is 5.19. The average molecular weight is 198 g/mol. The highest BCUT2D eigenvalue weighted by molar-refractivity contribution is 5.70. The molecule has 1 rings (SSSR count). The van der Waals surface area contributed by atoms with Gasteiger partial charge in [0.05, 0.1) is 0 Å². The minimum atomic E-state index is 0.842. The van der Waals surface area contributed by atoms with Gasteiger partial charge in [0.1, 0.15) is 0 Å². The number of hydrogen-bond donors (Lipinski definition) is 0. The first-order chi connectivity index (χ1) is 7.20. The summed E-state index contributed by atoms with van der Waals surface area (Å²) in [5.41, 5.74) is 5.00. The van der Waals surface area contributed by atoms with Gasteiger partial charge in [-0.3, -0.25) is 0 Å². The molecular formula is C15H18. The van der Waals surface area contributed by atoms with Gasteiger partial charge in [0.2, 0.25) is 0 Å². The lowest BCUT2D eigenvalue weighted by Crippen LogP contribution is -1.95. The molecule has 0 radical (unpaired) electrons. The van der Waals surface area contributed by atoms with E-state index in [0.717, 1.165) is 18.4 Å². The maximum Gasteiger partial charge on any atom is -0.00940 e. The van der Waals surface area contributed by atoms with Gasteiger partial charge >= 0.3 is 0 Å². The van der Waals surface area contributed by atoms with E-state index >= 15 is 0 Å². The lowest BCUT2D eigenvalue weighted by Gasteiger charge is -2.12. The van der Waals surface area contributed by atoms with Crippen LogP contribution >= 0.6 is 0 Å². The Morgan fingerprint density at radius 2 is 2.00 bits per heavy atom. The lowest BCUT2D eigenvalue weighted by atomic mass is 9.92. The van der Waals surface area contributed by atoms with Crippen LogP contribution in [0.1, 0.15) is 23.1 Å². The summed E-state index contributed by atoms with van der Waals surface area (Å²) < 4.78 is 0. The van der Waals surface area contributed by atoms with E-state index in [-0.39, 0.29) is 0 Å². The third-order valence-corrected chi connectivity index (χ3v) is 2.47. The highest BCUT2D eigenvalue weighted by Crippen LogP contribution is 2.25. The Morgan fingerprint density at radius 3 is 2.60 bits per heavy atom. The highest BCUT2D eigenvalue weighted by atomic mass is 14.1. The Bertz CT molecular complexity index is 383. The van der Waals surface area contributed by atoms with Gasteiger partial charge in [-0.05, 0) is 42.0 Å². The summed E-state index contributed by atoms with van der Waals surface area (Å²) in [6.45, 7) is 13.8. The number of benzene rings is 1. The van der Waals surface area contributed by atoms with E-state index in [1.165, 1.54) is 16.7 Å². The molecule has 1 aromatic carbocycles. The average Bonchev–Trinajstić information content (AvgIpc) is 2.18. The van der Waals surface area contributed by atoms with Crippen molar-refractivity contribution in [2.75, 3.05) is 0 Å². The molecule has 0 aliphatic carbocycles. The molecule has 78 valence electrons.